The maximum Gasteiger partial charge on any atom is 0.222 e. The minimum Gasteiger partial charge on any atom is -0.341 e. The van der Waals surface area contributed by atoms with Gasteiger partial charge in [0.05, 0.1) is 0 Å². The number of likely N-dealkylation sites (N-methyl/N-ethyl adjacent to an activating group) is 1. The molecule has 0 saturated carbocycles. The predicted molar refractivity (Wildman–Crippen MR) is 44.3 cm³/mol. The molecule has 1 aliphatic rings. The summed E-state index contributed by atoms with van der Waals surface area (Å²) in [6.45, 7) is 3.73. The van der Waals surface area contributed by atoms with Crippen molar-refractivity contribution in [2.45, 2.75) is 25.8 Å². The largest absolute Gasteiger partial charge is 0.341 e. The molecule has 3 heteroatoms. The van der Waals surface area contributed by atoms with E-state index in [0.717, 1.165) is 19.5 Å². The number of likely N-dealkylation sites (tertiary alicyclic amines) is 1. The van der Waals surface area contributed by atoms with Crippen molar-refractivity contribution in [1.29, 1.82) is 0 Å². The van der Waals surface area contributed by atoms with Gasteiger partial charge in [-0.3, -0.25) is 4.79 Å². The lowest BCUT2D eigenvalue weighted by atomic mass is 10.3. The van der Waals surface area contributed by atoms with Gasteiger partial charge in [-0.05, 0) is 13.5 Å². The SMILES string of the molecule is CCC(=O)N1CC[C@@H](NC)C1. The molecule has 1 rings (SSSR count). The maximum absolute atomic E-state index is 11.2. The van der Waals surface area contributed by atoms with Crippen LogP contribution < -0.4 is 5.32 Å². The third-order valence-corrected chi connectivity index (χ3v) is 2.25. The van der Waals surface area contributed by atoms with Crippen LogP contribution >= 0.6 is 0 Å². The monoisotopic (exact) mass is 156 g/mol. The summed E-state index contributed by atoms with van der Waals surface area (Å²) in [5.41, 5.74) is 0. The second-order valence-corrected chi connectivity index (χ2v) is 2.97. The molecule has 0 radical (unpaired) electrons. The lowest BCUT2D eigenvalue weighted by Gasteiger charge is -2.14. The number of rotatable bonds is 2. The molecule has 1 aliphatic heterocycles. The standard InChI is InChI=1S/C8H16N2O/c1-3-8(11)10-5-4-7(6-10)9-2/h7,9H,3-6H2,1-2H3/t7-/m1/s1. The summed E-state index contributed by atoms with van der Waals surface area (Å²) in [6.07, 6.45) is 1.73. The van der Waals surface area contributed by atoms with Gasteiger partial charge in [-0.2, -0.15) is 0 Å². The van der Waals surface area contributed by atoms with Crippen LogP contribution in [0.4, 0.5) is 0 Å². The highest BCUT2D eigenvalue weighted by Gasteiger charge is 2.23. The third-order valence-electron chi connectivity index (χ3n) is 2.25. The van der Waals surface area contributed by atoms with E-state index in [-0.39, 0.29) is 5.91 Å². The van der Waals surface area contributed by atoms with E-state index < -0.39 is 0 Å². The molecule has 0 spiro atoms. The van der Waals surface area contributed by atoms with Gasteiger partial charge >= 0.3 is 0 Å². The predicted octanol–water partition coefficient (Wildman–Crippen LogP) is 0.217. The van der Waals surface area contributed by atoms with Gasteiger partial charge in [-0.15, -0.1) is 0 Å². The van der Waals surface area contributed by atoms with Gasteiger partial charge in [-0.25, -0.2) is 0 Å². The summed E-state index contributed by atoms with van der Waals surface area (Å²) in [6, 6.07) is 0.519. The van der Waals surface area contributed by atoms with Gasteiger partial charge in [0.25, 0.3) is 0 Å². The first kappa shape index (κ1) is 8.53. The number of nitrogens with zero attached hydrogens (tertiary/aromatic N) is 1. The normalized spacial score (nSPS) is 24.2. The molecule has 0 aromatic rings. The molecule has 0 aromatic carbocycles. The molecular formula is C8H16N2O. The van der Waals surface area contributed by atoms with Gasteiger partial charge in [0.2, 0.25) is 5.91 Å². The summed E-state index contributed by atoms with van der Waals surface area (Å²) in [5, 5.41) is 3.18. The summed E-state index contributed by atoms with van der Waals surface area (Å²) in [7, 11) is 1.95. The van der Waals surface area contributed by atoms with Crippen LogP contribution in [0, 0.1) is 0 Å². The minimum absolute atomic E-state index is 0.280. The van der Waals surface area contributed by atoms with E-state index in [1.54, 1.807) is 0 Å². The molecular weight excluding hydrogens is 140 g/mol. The highest BCUT2D eigenvalue weighted by atomic mass is 16.2. The number of nitrogens with one attached hydrogen (secondary N) is 1. The number of hydrogen-bond acceptors (Lipinski definition) is 2. The number of carbonyl (C=O) groups excluding carboxylic acids is 1. The molecule has 0 bridgehead atoms. The van der Waals surface area contributed by atoms with Crippen molar-refractivity contribution >= 4 is 5.91 Å². The fraction of sp³-hybridized carbons (Fsp3) is 0.875. The zero-order valence-electron chi connectivity index (χ0n) is 7.26. The minimum atomic E-state index is 0.280. The lowest BCUT2D eigenvalue weighted by Crippen LogP contribution is -2.32. The Bertz CT molecular complexity index is 147. The Balaban J connectivity index is 2.35. The smallest absolute Gasteiger partial charge is 0.222 e. The Morgan fingerprint density at radius 2 is 2.45 bits per heavy atom. The first-order valence-corrected chi connectivity index (χ1v) is 4.23. The highest BCUT2D eigenvalue weighted by Crippen LogP contribution is 2.09. The van der Waals surface area contributed by atoms with E-state index in [1.165, 1.54) is 0 Å². The fourth-order valence-corrected chi connectivity index (χ4v) is 1.45. The molecule has 11 heavy (non-hydrogen) atoms. The van der Waals surface area contributed by atoms with E-state index in [1.807, 2.05) is 18.9 Å². The molecule has 1 N–H and O–H groups in total. The van der Waals surface area contributed by atoms with E-state index in [9.17, 15) is 4.79 Å². The fourth-order valence-electron chi connectivity index (χ4n) is 1.45. The molecule has 3 nitrogen and oxygen atoms in total. The van der Waals surface area contributed by atoms with Crippen molar-refractivity contribution in [1.82, 2.24) is 10.2 Å². The van der Waals surface area contributed by atoms with E-state index in [4.69, 9.17) is 0 Å². The van der Waals surface area contributed by atoms with Crippen LogP contribution in [0.2, 0.25) is 0 Å². The summed E-state index contributed by atoms with van der Waals surface area (Å²) in [5.74, 6) is 0.280. The van der Waals surface area contributed by atoms with Crippen LogP contribution in [-0.2, 0) is 4.79 Å². The lowest BCUT2D eigenvalue weighted by molar-refractivity contribution is -0.129. The van der Waals surface area contributed by atoms with Crippen LogP contribution in [0.3, 0.4) is 0 Å². The second kappa shape index (κ2) is 3.72. The topological polar surface area (TPSA) is 32.3 Å². The van der Waals surface area contributed by atoms with Crippen molar-refractivity contribution in [3.8, 4) is 0 Å². The summed E-state index contributed by atoms with van der Waals surface area (Å²) >= 11 is 0. The zero-order chi connectivity index (χ0) is 8.27. The summed E-state index contributed by atoms with van der Waals surface area (Å²) < 4.78 is 0. The second-order valence-electron chi connectivity index (χ2n) is 2.97. The van der Waals surface area contributed by atoms with E-state index in [2.05, 4.69) is 5.32 Å². The molecule has 1 atom stereocenters. The van der Waals surface area contributed by atoms with Crippen LogP contribution in [0.5, 0.6) is 0 Å². The average Bonchev–Trinajstić information content (AvgIpc) is 2.50. The Labute approximate surface area is 67.8 Å². The molecule has 1 saturated heterocycles. The van der Waals surface area contributed by atoms with E-state index in [0.29, 0.717) is 12.5 Å². The van der Waals surface area contributed by atoms with Gasteiger partial charge < -0.3 is 10.2 Å². The van der Waals surface area contributed by atoms with E-state index >= 15 is 0 Å². The van der Waals surface area contributed by atoms with Crippen molar-refractivity contribution in [2.75, 3.05) is 20.1 Å². The Hall–Kier alpha value is -0.570. The van der Waals surface area contributed by atoms with Crippen molar-refractivity contribution < 1.29 is 4.79 Å². The van der Waals surface area contributed by atoms with Crippen LogP contribution in [0.15, 0.2) is 0 Å². The number of amides is 1. The molecule has 64 valence electrons. The first-order chi connectivity index (χ1) is 5.27. The molecule has 0 aliphatic carbocycles. The highest BCUT2D eigenvalue weighted by molar-refractivity contribution is 5.76. The average molecular weight is 156 g/mol. The summed E-state index contributed by atoms with van der Waals surface area (Å²) in [4.78, 5) is 13.1. The molecule has 1 fully saturated rings. The number of hydrogen-bond donors (Lipinski definition) is 1. The zero-order valence-corrected chi connectivity index (χ0v) is 7.26. The van der Waals surface area contributed by atoms with Gasteiger partial charge in [-0.1, -0.05) is 6.92 Å². The molecule has 0 aromatic heterocycles. The Morgan fingerprint density at radius 3 is 2.91 bits per heavy atom. The van der Waals surface area contributed by atoms with Gasteiger partial charge in [0, 0.05) is 25.6 Å². The van der Waals surface area contributed by atoms with Crippen molar-refractivity contribution in [3.05, 3.63) is 0 Å². The van der Waals surface area contributed by atoms with Crippen LogP contribution in [0.25, 0.3) is 0 Å². The quantitative estimate of drug-likeness (QED) is 0.620. The molecule has 1 heterocycles. The number of carbonyl (C=O) groups is 1. The van der Waals surface area contributed by atoms with Crippen molar-refractivity contribution in [3.63, 3.8) is 0 Å². The third kappa shape index (κ3) is 1.93. The first-order valence-electron chi connectivity index (χ1n) is 4.23. The maximum atomic E-state index is 11.2. The van der Waals surface area contributed by atoms with Gasteiger partial charge in [0.15, 0.2) is 0 Å². The molecule has 1 amide bonds. The van der Waals surface area contributed by atoms with Crippen molar-refractivity contribution in [2.24, 2.45) is 0 Å². The Kier molecular flexibility index (Phi) is 2.88. The van der Waals surface area contributed by atoms with Crippen LogP contribution in [0.1, 0.15) is 19.8 Å². The van der Waals surface area contributed by atoms with Crippen LogP contribution in [-0.4, -0.2) is 37.0 Å². The molecule has 0 unspecified atom stereocenters. The van der Waals surface area contributed by atoms with Gasteiger partial charge in [0.1, 0.15) is 0 Å². The Morgan fingerprint density at radius 1 is 1.73 bits per heavy atom.